The maximum atomic E-state index is 10.4. The van der Waals surface area contributed by atoms with E-state index in [1.807, 2.05) is 42.3 Å². The first kappa shape index (κ1) is 15.9. The molecule has 0 heterocycles. The molecule has 0 aromatic heterocycles. The molecule has 1 aromatic carbocycles. The van der Waals surface area contributed by atoms with E-state index < -0.39 is 10.1 Å². The van der Waals surface area contributed by atoms with E-state index in [-0.39, 0.29) is 35.3 Å². The minimum Gasteiger partial charge on any atom is -0.748 e. The Morgan fingerprint density at radius 2 is 1.81 bits per heavy atom. The van der Waals surface area contributed by atoms with E-state index in [4.69, 9.17) is 0 Å². The van der Waals surface area contributed by atoms with Crippen molar-refractivity contribution < 1.29 is 42.5 Å². The number of para-hydroxylation sites is 1. The van der Waals surface area contributed by atoms with Crippen molar-refractivity contribution in [2.75, 3.05) is 24.2 Å². The van der Waals surface area contributed by atoms with E-state index in [0.717, 1.165) is 5.69 Å². The van der Waals surface area contributed by atoms with Crippen LogP contribution in [0.5, 0.6) is 0 Å². The first-order valence-corrected chi connectivity index (χ1v) is 6.26. The van der Waals surface area contributed by atoms with Gasteiger partial charge in [0.25, 0.3) is 0 Å². The van der Waals surface area contributed by atoms with E-state index in [9.17, 15) is 13.0 Å². The summed E-state index contributed by atoms with van der Waals surface area (Å²) in [5, 5.41) is 0. The summed E-state index contributed by atoms with van der Waals surface area (Å²) >= 11 is 0. The summed E-state index contributed by atoms with van der Waals surface area (Å²) < 4.78 is 31.1. The number of hydrogen-bond donors (Lipinski definition) is 0. The molecule has 0 bridgehead atoms. The van der Waals surface area contributed by atoms with Crippen molar-refractivity contribution in [2.24, 2.45) is 0 Å². The first-order valence-electron chi connectivity index (χ1n) is 4.69. The zero-order chi connectivity index (χ0) is 11.3. The molecule has 0 fully saturated rings. The third-order valence-corrected chi connectivity index (χ3v) is 2.87. The Morgan fingerprint density at radius 1 is 1.25 bits per heavy atom. The fourth-order valence-corrected chi connectivity index (χ4v) is 1.77. The Morgan fingerprint density at radius 3 is 2.31 bits per heavy atom. The summed E-state index contributed by atoms with van der Waals surface area (Å²) in [6.07, 6.45) is 0.358. The number of nitrogens with zero attached hydrogens (tertiary/aromatic N) is 1. The van der Waals surface area contributed by atoms with Crippen LogP contribution in [0, 0.1) is 0 Å². The van der Waals surface area contributed by atoms with Gasteiger partial charge >= 0.3 is 29.6 Å². The van der Waals surface area contributed by atoms with Crippen molar-refractivity contribution in [1.29, 1.82) is 0 Å². The molecule has 4 nitrogen and oxygen atoms in total. The Hall–Kier alpha value is -0.0700. The monoisotopic (exact) mass is 251 g/mol. The number of rotatable bonds is 5. The molecule has 0 saturated heterocycles. The maximum Gasteiger partial charge on any atom is 1.00 e. The SMILES string of the molecule is CN(CCCS(=O)(=O)[O-])c1ccccc1.[Na+]. The van der Waals surface area contributed by atoms with Gasteiger partial charge in [-0.3, -0.25) is 0 Å². The number of hydrogen-bond acceptors (Lipinski definition) is 4. The molecule has 6 heteroatoms. The van der Waals surface area contributed by atoms with Crippen LogP contribution in [-0.2, 0) is 10.1 Å². The maximum absolute atomic E-state index is 10.4. The van der Waals surface area contributed by atoms with Gasteiger partial charge < -0.3 is 9.45 Å². The molecule has 1 rings (SSSR count). The minimum atomic E-state index is -4.08. The smallest absolute Gasteiger partial charge is 0.748 e. The van der Waals surface area contributed by atoms with Crippen molar-refractivity contribution in [3.63, 3.8) is 0 Å². The molecule has 16 heavy (non-hydrogen) atoms. The van der Waals surface area contributed by atoms with Crippen molar-refractivity contribution in [2.45, 2.75) is 6.42 Å². The van der Waals surface area contributed by atoms with Gasteiger partial charge in [0, 0.05) is 25.0 Å². The molecular formula is C10H14NNaO3S. The molecule has 0 N–H and O–H groups in total. The first-order chi connectivity index (χ1) is 6.99. The number of benzene rings is 1. The predicted molar refractivity (Wildman–Crippen MR) is 58.9 cm³/mol. The average molecular weight is 251 g/mol. The molecule has 0 unspecified atom stereocenters. The summed E-state index contributed by atoms with van der Waals surface area (Å²) in [6, 6.07) is 9.61. The van der Waals surface area contributed by atoms with E-state index in [0.29, 0.717) is 13.0 Å². The van der Waals surface area contributed by atoms with Gasteiger partial charge in [-0.2, -0.15) is 0 Å². The Labute approximate surface area is 119 Å². The van der Waals surface area contributed by atoms with Crippen molar-refractivity contribution >= 4 is 15.8 Å². The second-order valence-corrected chi connectivity index (χ2v) is 4.90. The standard InChI is InChI=1S/C10H15NO3S.Na/c1-11(8-5-9-15(12,13)14)10-6-3-2-4-7-10;/h2-4,6-7H,5,8-9H2,1H3,(H,12,13,14);/q;+1/p-1. The second kappa shape index (κ2) is 7.29. The van der Waals surface area contributed by atoms with Crippen LogP contribution in [0.2, 0.25) is 0 Å². The molecule has 0 aliphatic carbocycles. The topological polar surface area (TPSA) is 60.4 Å². The second-order valence-electron chi connectivity index (χ2n) is 3.37. The molecule has 1 aromatic rings. The molecule has 84 valence electrons. The fourth-order valence-electron chi connectivity index (χ4n) is 1.29. The summed E-state index contributed by atoms with van der Waals surface area (Å²) in [7, 11) is -2.21. The van der Waals surface area contributed by atoms with Crippen molar-refractivity contribution in [1.82, 2.24) is 0 Å². The van der Waals surface area contributed by atoms with Crippen LogP contribution >= 0.6 is 0 Å². The van der Waals surface area contributed by atoms with Crippen molar-refractivity contribution in [3.8, 4) is 0 Å². The van der Waals surface area contributed by atoms with Crippen molar-refractivity contribution in [3.05, 3.63) is 30.3 Å². The van der Waals surface area contributed by atoms with Gasteiger partial charge in [0.15, 0.2) is 0 Å². The van der Waals surface area contributed by atoms with Gasteiger partial charge in [-0.15, -0.1) is 0 Å². The quantitative estimate of drug-likeness (QED) is 0.451. The number of anilines is 1. The van der Waals surface area contributed by atoms with Crippen LogP contribution in [-0.4, -0.2) is 32.3 Å². The molecule has 0 saturated carbocycles. The summed E-state index contributed by atoms with van der Waals surface area (Å²) in [5.41, 5.74) is 1.01. The zero-order valence-electron chi connectivity index (χ0n) is 9.59. The van der Waals surface area contributed by atoms with Gasteiger partial charge in [0.1, 0.15) is 0 Å². The van der Waals surface area contributed by atoms with E-state index >= 15 is 0 Å². The van der Waals surface area contributed by atoms with Gasteiger partial charge in [0.05, 0.1) is 10.1 Å². The summed E-state index contributed by atoms with van der Waals surface area (Å²) in [6.45, 7) is 0.561. The van der Waals surface area contributed by atoms with Crippen LogP contribution in [0.15, 0.2) is 30.3 Å². The van der Waals surface area contributed by atoms with Crippen LogP contribution in [0.3, 0.4) is 0 Å². The third-order valence-electron chi connectivity index (χ3n) is 2.08. The molecule has 0 amide bonds. The van der Waals surface area contributed by atoms with Crippen LogP contribution in [0.1, 0.15) is 6.42 Å². The Bertz CT molecular complexity index is 394. The third kappa shape index (κ3) is 6.50. The van der Waals surface area contributed by atoms with Crippen LogP contribution in [0.4, 0.5) is 5.69 Å². The van der Waals surface area contributed by atoms with Crippen LogP contribution in [0.25, 0.3) is 0 Å². The molecule has 0 aliphatic heterocycles. The van der Waals surface area contributed by atoms with Gasteiger partial charge in [-0.25, -0.2) is 8.42 Å². The predicted octanol–water partition coefficient (Wildman–Crippen LogP) is -1.94. The molecular weight excluding hydrogens is 237 g/mol. The Kier molecular flexibility index (Phi) is 7.26. The minimum absolute atomic E-state index is 0. The van der Waals surface area contributed by atoms with E-state index in [1.165, 1.54) is 0 Å². The van der Waals surface area contributed by atoms with Gasteiger partial charge in [-0.05, 0) is 18.6 Å². The largest absolute Gasteiger partial charge is 1.00 e. The van der Waals surface area contributed by atoms with Crippen LogP contribution < -0.4 is 34.5 Å². The summed E-state index contributed by atoms with van der Waals surface area (Å²) in [5.74, 6) is -0.301. The van der Waals surface area contributed by atoms with Gasteiger partial charge in [-0.1, -0.05) is 18.2 Å². The average Bonchev–Trinajstić information content (AvgIpc) is 2.17. The van der Waals surface area contributed by atoms with Gasteiger partial charge in [0.2, 0.25) is 0 Å². The zero-order valence-corrected chi connectivity index (χ0v) is 12.4. The molecule has 0 spiro atoms. The van der Waals surface area contributed by atoms with E-state index in [1.54, 1.807) is 0 Å². The molecule has 0 atom stereocenters. The molecule has 0 aliphatic rings. The fraction of sp³-hybridized carbons (Fsp3) is 0.400. The normalized spacial score (nSPS) is 10.6. The molecule has 0 radical (unpaired) electrons. The summed E-state index contributed by atoms with van der Waals surface area (Å²) in [4.78, 5) is 1.92. The Balaban J connectivity index is 0.00000225. The van der Waals surface area contributed by atoms with E-state index in [2.05, 4.69) is 0 Å².